The maximum absolute atomic E-state index is 15.3. The number of nitrogens with one attached hydrogen (secondary N) is 1. The summed E-state index contributed by atoms with van der Waals surface area (Å²) in [6, 6.07) is 35.8. The number of aromatic nitrogens is 3. The third kappa shape index (κ3) is 4.29. The number of nitrogens with zero attached hydrogens (tertiary/aromatic N) is 4. The van der Waals surface area contributed by atoms with Gasteiger partial charge in [-0.15, -0.1) is 0 Å². The molecule has 1 aliphatic carbocycles. The lowest BCUT2D eigenvalue weighted by Crippen LogP contribution is -2.53. The monoisotopic (exact) mass is 675 g/mol. The van der Waals surface area contributed by atoms with E-state index in [0.29, 0.717) is 33.5 Å². The van der Waals surface area contributed by atoms with E-state index in [4.69, 9.17) is 0 Å². The van der Waals surface area contributed by atoms with Crippen molar-refractivity contribution in [2.45, 2.75) is 37.3 Å². The third-order valence-electron chi connectivity index (χ3n) is 10.9. The van der Waals surface area contributed by atoms with Crippen LogP contribution in [0.4, 0.5) is 5.69 Å². The maximum Gasteiger partial charge on any atom is 0.352 e. The number of rotatable bonds is 5. The molecule has 9 rings (SSSR count). The molecular weight excluding hydrogens is 642 g/mol. The molecule has 6 aromatic rings. The number of allylic oxidation sites excluding steroid dienone is 2. The number of amides is 2. The number of benzene rings is 5. The van der Waals surface area contributed by atoms with Crippen LogP contribution in [0, 0.1) is 12.8 Å². The van der Waals surface area contributed by atoms with Crippen LogP contribution in [-0.2, 0) is 21.5 Å². The fraction of sp³-hybridized carbons (Fsp3) is 0.171. The average Bonchev–Trinajstić information content (AvgIpc) is 3.54. The summed E-state index contributed by atoms with van der Waals surface area (Å²) in [5.41, 5.74) is 4.35. The molecule has 10 nitrogen and oxygen atoms in total. The molecule has 2 fully saturated rings. The van der Waals surface area contributed by atoms with Crippen molar-refractivity contribution < 1.29 is 14.7 Å². The van der Waals surface area contributed by atoms with Crippen molar-refractivity contribution in [1.82, 2.24) is 18.9 Å². The van der Waals surface area contributed by atoms with Crippen molar-refractivity contribution in [3.05, 3.63) is 171 Å². The van der Waals surface area contributed by atoms with Crippen molar-refractivity contribution >= 4 is 28.3 Å². The van der Waals surface area contributed by atoms with E-state index in [0.717, 1.165) is 20.5 Å². The molecule has 3 aliphatic rings. The predicted octanol–water partition coefficient (Wildman–Crippen LogP) is 5.59. The standard InChI is InChI=1S/C41H33N5O5/c1-25-16-19-28(20-17-25)42-45-37(48)33-24-34-31(22-23-43-39(50)44(40(51)46(34)43)29-13-6-3-7-14-29)35(41(33,38(45)49)27-11-4-2-5-12-27)32-21-18-26-10-8-9-15-30(26)36(32)47/h2-22,33-35,42,47H,23-24H2,1H3/t33-,34+,35+,41+/m0/s1. The topological polar surface area (TPSA) is 119 Å². The van der Waals surface area contributed by atoms with Crippen molar-refractivity contribution in [3.63, 3.8) is 0 Å². The van der Waals surface area contributed by atoms with Crippen LogP contribution in [0.15, 0.2) is 143 Å². The molecule has 2 amide bonds. The summed E-state index contributed by atoms with van der Waals surface area (Å²) in [5, 5.41) is 14.6. The highest BCUT2D eigenvalue weighted by Gasteiger charge is 2.69. The smallest absolute Gasteiger partial charge is 0.352 e. The lowest BCUT2D eigenvalue weighted by atomic mass is 9.53. The number of hydrogen-bond donors (Lipinski definition) is 2. The molecule has 0 unspecified atom stereocenters. The number of phenolic OH excluding ortho intramolecular Hbond substituents is 1. The summed E-state index contributed by atoms with van der Waals surface area (Å²) in [6.45, 7) is 2.02. The fourth-order valence-electron chi connectivity index (χ4n) is 8.66. The SMILES string of the molecule is Cc1ccc(NN2C(=O)[C@@H]3C[C@@H]4C(=CCn5c(=O)n(-c6ccccc6)c(=O)n54)[C@H](c4ccc5ccccc5c4O)[C@]3(c3ccccc3)C2=O)cc1. The van der Waals surface area contributed by atoms with Gasteiger partial charge in [0.1, 0.15) is 5.75 Å². The Morgan fingerprint density at radius 1 is 0.765 bits per heavy atom. The van der Waals surface area contributed by atoms with Gasteiger partial charge < -0.3 is 5.11 Å². The van der Waals surface area contributed by atoms with Gasteiger partial charge in [-0.05, 0) is 54.1 Å². The first-order valence-electron chi connectivity index (χ1n) is 17.0. The minimum absolute atomic E-state index is 0.00364. The number of aromatic hydroxyl groups is 1. The molecule has 0 spiro atoms. The quantitative estimate of drug-likeness (QED) is 0.182. The van der Waals surface area contributed by atoms with Gasteiger partial charge >= 0.3 is 11.4 Å². The largest absolute Gasteiger partial charge is 0.507 e. The second-order valence-corrected chi connectivity index (χ2v) is 13.5. The van der Waals surface area contributed by atoms with E-state index < -0.39 is 46.5 Å². The highest BCUT2D eigenvalue weighted by Crippen LogP contribution is 2.63. The van der Waals surface area contributed by atoms with Crippen LogP contribution in [0.3, 0.4) is 0 Å². The van der Waals surface area contributed by atoms with Gasteiger partial charge in [0.2, 0.25) is 0 Å². The van der Waals surface area contributed by atoms with Gasteiger partial charge in [-0.1, -0.05) is 109 Å². The molecule has 2 aliphatic heterocycles. The summed E-state index contributed by atoms with van der Waals surface area (Å²) in [6.07, 6.45) is 1.97. The van der Waals surface area contributed by atoms with Crippen molar-refractivity contribution in [2.24, 2.45) is 5.92 Å². The van der Waals surface area contributed by atoms with Crippen molar-refractivity contribution in [3.8, 4) is 11.4 Å². The van der Waals surface area contributed by atoms with Gasteiger partial charge in [0.05, 0.1) is 35.3 Å². The Balaban J connectivity index is 1.32. The molecule has 0 bridgehead atoms. The number of phenols is 1. The molecule has 51 heavy (non-hydrogen) atoms. The summed E-state index contributed by atoms with van der Waals surface area (Å²) >= 11 is 0. The number of carbonyl (C=O) groups excluding carboxylic acids is 2. The molecule has 5 aromatic carbocycles. The van der Waals surface area contributed by atoms with Crippen LogP contribution in [0.5, 0.6) is 5.75 Å². The number of hydrazine groups is 1. The van der Waals surface area contributed by atoms with Crippen LogP contribution < -0.4 is 16.8 Å². The van der Waals surface area contributed by atoms with Gasteiger partial charge in [0.15, 0.2) is 0 Å². The van der Waals surface area contributed by atoms with Crippen molar-refractivity contribution in [1.29, 1.82) is 0 Å². The van der Waals surface area contributed by atoms with Gasteiger partial charge in [0, 0.05) is 16.9 Å². The van der Waals surface area contributed by atoms with E-state index in [2.05, 4.69) is 5.43 Å². The minimum atomic E-state index is -1.51. The van der Waals surface area contributed by atoms with E-state index >= 15 is 4.79 Å². The summed E-state index contributed by atoms with van der Waals surface area (Å²) in [7, 11) is 0. The first-order chi connectivity index (χ1) is 24.8. The lowest BCUT2D eigenvalue weighted by molar-refractivity contribution is -0.138. The number of para-hydroxylation sites is 1. The Hall–Kier alpha value is -6.42. The number of anilines is 1. The zero-order valence-corrected chi connectivity index (χ0v) is 27.6. The summed E-state index contributed by atoms with van der Waals surface area (Å²) in [5.74, 6) is -2.78. The highest BCUT2D eigenvalue weighted by molar-refractivity contribution is 6.13. The highest BCUT2D eigenvalue weighted by atomic mass is 16.3. The molecule has 2 N–H and O–H groups in total. The predicted molar refractivity (Wildman–Crippen MR) is 193 cm³/mol. The Labute approximate surface area is 292 Å². The molecule has 1 saturated carbocycles. The Morgan fingerprint density at radius 3 is 2.20 bits per heavy atom. The van der Waals surface area contributed by atoms with Gasteiger partial charge in [0.25, 0.3) is 11.8 Å². The zero-order valence-electron chi connectivity index (χ0n) is 27.6. The average molecular weight is 676 g/mol. The second kappa shape index (κ2) is 11.3. The zero-order chi connectivity index (χ0) is 35.0. The van der Waals surface area contributed by atoms with E-state index in [1.165, 1.54) is 9.36 Å². The van der Waals surface area contributed by atoms with E-state index in [-0.39, 0.29) is 18.7 Å². The number of aryl methyl sites for hydroxylation is 1. The number of carbonyl (C=O) groups is 2. The third-order valence-corrected chi connectivity index (χ3v) is 10.9. The minimum Gasteiger partial charge on any atom is -0.507 e. The van der Waals surface area contributed by atoms with Gasteiger partial charge in [-0.2, -0.15) is 5.01 Å². The fourth-order valence-corrected chi connectivity index (χ4v) is 8.66. The van der Waals surface area contributed by atoms with E-state index in [1.54, 1.807) is 24.3 Å². The van der Waals surface area contributed by atoms with Gasteiger partial charge in [-0.25, -0.2) is 23.5 Å². The molecule has 252 valence electrons. The maximum atomic E-state index is 15.3. The normalized spacial score (nSPS) is 22.3. The molecule has 4 atom stereocenters. The van der Waals surface area contributed by atoms with Gasteiger partial charge in [-0.3, -0.25) is 15.0 Å². The summed E-state index contributed by atoms with van der Waals surface area (Å²) < 4.78 is 3.99. The molecule has 1 saturated heterocycles. The van der Waals surface area contributed by atoms with Crippen molar-refractivity contribution in [2.75, 3.05) is 5.43 Å². The van der Waals surface area contributed by atoms with Crippen LogP contribution >= 0.6 is 0 Å². The number of fused-ring (bicyclic) bond motifs is 5. The van der Waals surface area contributed by atoms with Crippen LogP contribution in [0.1, 0.15) is 35.1 Å². The van der Waals surface area contributed by atoms with Crippen LogP contribution in [0.2, 0.25) is 0 Å². The number of hydrogen-bond acceptors (Lipinski definition) is 6. The molecule has 3 heterocycles. The first-order valence-corrected chi connectivity index (χ1v) is 17.0. The Kier molecular flexibility index (Phi) is 6.79. The van der Waals surface area contributed by atoms with Crippen LogP contribution in [0.25, 0.3) is 16.5 Å². The molecule has 1 aromatic heterocycles. The number of imide groups is 1. The molecule has 10 heteroatoms. The van der Waals surface area contributed by atoms with Crippen LogP contribution in [-0.4, -0.2) is 35.9 Å². The van der Waals surface area contributed by atoms with E-state index in [1.807, 2.05) is 110 Å². The lowest BCUT2D eigenvalue weighted by Gasteiger charge is -2.49. The second-order valence-electron chi connectivity index (χ2n) is 13.5. The Bertz CT molecular complexity index is 2530. The Morgan fingerprint density at radius 2 is 1.45 bits per heavy atom. The summed E-state index contributed by atoms with van der Waals surface area (Å²) in [4.78, 5) is 58.4. The molecule has 0 radical (unpaired) electrons. The molecular formula is C41H33N5O5. The van der Waals surface area contributed by atoms with E-state index in [9.17, 15) is 19.5 Å². The first kappa shape index (κ1) is 30.6.